The molecule has 0 radical (unpaired) electrons. The Labute approximate surface area is 228 Å². The predicted molar refractivity (Wildman–Crippen MR) is 147 cm³/mol. The first kappa shape index (κ1) is 27.5. The maximum atomic E-state index is 13.7. The quantitative estimate of drug-likeness (QED) is 0.459. The van der Waals surface area contributed by atoms with Crippen LogP contribution in [-0.4, -0.2) is 88.7 Å². The van der Waals surface area contributed by atoms with E-state index in [0.717, 1.165) is 29.1 Å². The molecule has 1 aromatic carbocycles. The van der Waals surface area contributed by atoms with Crippen molar-refractivity contribution in [3.63, 3.8) is 0 Å². The number of β-lactam (4-membered cyclic amide) rings is 1. The Balaban J connectivity index is 1.51. The van der Waals surface area contributed by atoms with E-state index in [1.54, 1.807) is 7.11 Å². The fraction of sp³-hybridized carbons (Fsp3) is 0.679. The van der Waals surface area contributed by atoms with Crippen molar-refractivity contribution >= 4 is 35.5 Å². The second-order valence-corrected chi connectivity index (χ2v) is 13.8. The average Bonchev–Trinajstić information content (AvgIpc) is 3.39. The van der Waals surface area contributed by atoms with Gasteiger partial charge in [0.25, 0.3) is 5.91 Å². The van der Waals surface area contributed by atoms with Crippen LogP contribution in [0.3, 0.4) is 0 Å². The molecule has 4 aliphatic rings. The van der Waals surface area contributed by atoms with Crippen LogP contribution in [0.4, 0.5) is 0 Å². The van der Waals surface area contributed by atoms with Gasteiger partial charge in [0.15, 0.2) is 17.7 Å². The number of nitrogens with zero attached hydrogens (tertiary/aromatic N) is 1. The van der Waals surface area contributed by atoms with Gasteiger partial charge in [0, 0.05) is 7.11 Å². The number of hydrogen-bond acceptors (Lipinski definition) is 8. The molecule has 0 spiro atoms. The van der Waals surface area contributed by atoms with E-state index in [4.69, 9.17) is 23.7 Å². The summed E-state index contributed by atoms with van der Waals surface area (Å²) >= 11 is 3.82. The predicted octanol–water partition coefficient (Wildman–Crippen LogP) is 4.55. The number of rotatable bonds is 7. The molecule has 0 saturated carbocycles. The molecule has 204 valence electrons. The lowest BCUT2D eigenvalue weighted by Crippen LogP contribution is -2.73. The SMILES string of the molecule is CO[C@H]1C(=O)N(C(C2SCCCS2)C2OC(C)(C)OC2[C@@H]2COC(C)(C)O2)[C@H]1/C(C)=C/c1ccccc1. The molecule has 0 aliphatic carbocycles. The number of ether oxygens (including phenoxy) is 5. The van der Waals surface area contributed by atoms with E-state index >= 15 is 0 Å². The van der Waals surface area contributed by atoms with Crippen LogP contribution in [0.5, 0.6) is 0 Å². The normalized spacial score (nSPS) is 35.0. The third kappa shape index (κ3) is 5.64. The summed E-state index contributed by atoms with van der Waals surface area (Å²) in [5.41, 5.74) is 2.19. The van der Waals surface area contributed by atoms with Gasteiger partial charge in [0.2, 0.25) is 0 Å². The van der Waals surface area contributed by atoms with E-state index in [2.05, 4.69) is 25.1 Å². The van der Waals surface area contributed by atoms with Gasteiger partial charge in [0.05, 0.1) is 23.3 Å². The van der Waals surface area contributed by atoms with Crippen molar-refractivity contribution in [2.45, 2.75) is 93.7 Å². The molecule has 1 aromatic rings. The Morgan fingerprint density at radius 1 is 1.08 bits per heavy atom. The highest BCUT2D eigenvalue weighted by Crippen LogP contribution is 2.47. The molecular weight excluding hydrogens is 510 g/mol. The van der Waals surface area contributed by atoms with Crippen LogP contribution >= 0.6 is 23.5 Å². The van der Waals surface area contributed by atoms with E-state index < -0.39 is 17.7 Å². The number of carbonyl (C=O) groups is 1. The molecule has 4 heterocycles. The molecule has 4 aliphatic heterocycles. The smallest absolute Gasteiger partial charge is 0.255 e. The molecule has 9 heteroatoms. The Kier molecular flexibility index (Phi) is 8.05. The summed E-state index contributed by atoms with van der Waals surface area (Å²) in [4.78, 5) is 15.7. The molecule has 0 aromatic heterocycles. The van der Waals surface area contributed by atoms with Gasteiger partial charge in [-0.1, -0.05) is 36.4 Å². The number of thioether (sulfide) groups is 2. The minimum Gasteiger partial charge on any atom is -0.369 e. The van der Waals surface area contributed by atoms with Crippen LogP contribution in [-0.2, 0) is 28.5 Å². The topological polar surface area (TPSA) is 66.5 Å². The Hall–Kier alpha value is -1.07. The molecule has 0 N–H and O–H groups in total. The minimum atomic E-state index is -0.799. The number of carbonyl (C=O) groups excluding carboxylic acids is 1. The van der Waals surface area contributed by atoms with Gasteiger partial charge in [-0.2, -0.15) is 0 Å². The van der Waals surface area contributed by atoms with E-state index in [-0.39, 0.29) is 40.9 Å². The van der Waals surface area contributed by atoms with Crippen LogP contribution in [0.1, 0.15) is 46.6 Å². The van der Waals surface area contributed by atoms with E-state index in [1.807, 2.05) is 74.3 Å². The lowest BCUT2D eigenvalue weighted by atomic mass is 9.86. The fourth-order valence-electron chi connectivity index (χ4n) is 5.79. The van der Waals surface area contributed by atoms with E-state index in [9.17, 15) is 4.79 Å². The zero-order chi connectivity index (χ0) is 26.4. The molecule has 6 atom stereocenters. The first-order valence-electron chi connectivity index (χ1n) is 13.1. The lowest BCUT2D eigenvalue weighted by Gasteiger charge is -2.54. The maximum Gasteiger partial charge on any atom is 0.255 e. The number of hydrogen-bond donors (Lipinski definition) is 0. The van der Waals surface area contributed by atoms with Gasteiger partial charge in [-0.25, -0.2) is 0 Å². The van der Waals surface area contributed by atoms with Crippen molar-refractivity contribution in [3.8, 4) is 0 Å². The third-order valence-electron chi connectivity index (χ3n) is 7.35. The maximum absolute atomic E-state index is 13.7. The van der Waals surface area contributed by atoms with Crippen LogP contribution in [0, 0.1) is 0 Å². The zero-order valence-electron chi connectivity index (χ0n) is 22.5. The fourth-order valence-corrected chi connectivity index (χ4v) is 8.99. The van der Waals surface area contributed by atoms with Crippen LogP contribution in [0.25, 0.3) is 6.08 Å². The average molecular weight is 550 g/mol. The molecule has 4 saturated heterocycles. The Morgan fingerprint density at radius 3 is 2.41 bits per heavy atom. The summed E-state index contributed by atoms with van der Waals surface area (Å²) in [6.45, 7) is 10.2. The highest BCUT2D eigenvalue weighted by atomic mass is 32.2. The molecule has 0 bridgehead atoms. The molecule has 37 heavy (non-hydrogen) atoms. The summed E-state index contributed by atoms with van der Waals surface area (Å²) < 4.78 is 31.2. The van der Waals surface area contributed by atoms with E-state index in [0.29, 0.717) is 6.61 Å². The van der Waals surface area contributed by atoms with Crippen molar-refractivity contribution < 1.29 is 28.5 Å². The summed E-state index contributed by atoms with van der Waals surface area (Å²) in [5, 5.41) is 0. The summed E-state index contributed by atoms with van der Waals surface area (Å²) in [7, 11) is 1.62. The van der Waals surface area contributed by atoms with Crippen molar-refractivity contribution in [1.29, 1.82) is 0 Å². The highest BCUT2D eigenvalue weighted by Gasteiger charge is 2.61. The molecular formula is C28H39NO6S2. The van der Waals surface area contributed by atoms with Gasteiger partial charge in [-0.05, 0) is 63.7 Å². The minimum absolute atomic E-state index is 0.000983. The molecule has 5 rings (SSSR count). The first-order chi connectivity index (χ1) is 17.6. The summed E-state index contributed by atoms with van der Waals surface area (Å²) in [6, 6.07) is 9.81. The number of amides is 1. The van der Waals surface area contributed by atoms with Crippen molar-refractivity contribution in [2.75, 3.05) is 25.2 Å². The number of methoxy groups -OCH3 is 1. The van der Waals surface area contributed by atoms with Crippen molar-refractivity contribution in [1.82, 2.24) is 4.90 Å². The van der Waals surface area contributed by atoms with Crippen LogP contribution in [0.15, 0.2) is 35.9 Å². The monoisotopic (exact) mass is 549 g/mol. The first-order valence-corrected chi connectivity index (χ1v) is 15.2. The standard InChI is InChI=1S/C28H39NO6S2/c1-17(15-18-11-8-7-9-12-18)20-24(31-6)25(30)29(20)21(26-36-13-10-14-37-26)23-22(34-28(4,5)35-23)19-16-32-27(2,3)33-19/h7-9,11-12,15,19-24,26H,10,13-14,16H2,1-6H3/b17-15+/t19-,20-,21?,22?,23?,24+/m0/s1. The van der Waals surface area contributed by atoms with Crippen molar-refractivity contribution in [3.05, 3.63) is 41.5 Å². The van der Waals surface area contributed by atoms with E-state index in [1.165, 1.54) is 0 Å². The highest BCUT2D eigenvalue weighted by molar-refractivity contribution is 8.17. The van der Waals surface area contributed by atoms with Gasteiger partial charge in [-0.3, -0.25) is 4.79 Å². The van der Waals surface area contributed by atoms with Gasteiger partial charge >= 0.3 is 0 Å². The van der Waals surface area contributed by atoms with Gasteiger partial charge in [-0.15, -0.1) is 23.5 Å². The lowest BCUT2D eigenvalue weighted by molar-refractivity contribution is -0.182. The number of likely N-dealkylation sites (tertiary alicyclic amines) is 1. The summed E-state index contributed by atoms with van der Waals surface area (Å²) in [5.74, 6) is 0.643. The molecule has 4 fully saturated rings. The Bertz CT molecular complexity index is 996. The third-order valence-corrected chi connectivity index (χ3v) is 10.4. The summed E-state index contributed by atoms with van der Waals surface area (Å²) in [6.07, 6.45) is 1.79. The molecule has 1 amide bonds. The molecule has 7 nitrogen and oxygen atoms in total. The van der Waals surface area contributed by atoms with Gasteiger partial charge in [0.1, 0.15) is 18.3 Å². The Morgan fingerprint density at radius 2 is 1.78 bits per heavy atom. The molecule has 3 unspecified atom stereocenters. The van der Waals surface area contributed by atoms with Crippen LogP contribution < -0.4 is 0 Å². The van der Waals surface area contributed by atoms with Crippen LogP contribution in [0.2, 0.25) is 0 Å². The second-order valence-electron chi connectivity index (χ2n) is 11.0. The largest absolute Gasteiger partial charge is 0.369 e. The van der Waals surface area contributed by atoms with Crippen molar-refractivity contribution in [2.24, 2.45) is 0 Å². The zero-order valence-corrected chi connectivity index (χ0v) is 24.2. The second kappa shape index (κ2) is 10.8. The number of benzene rings is 1. The van der Waals surface area contributed by atoms with Gasteiger partial charge < -0.3 is 28.6 Å².